The molecular weight excluding hydrogens is 128 g/mol. The van der Waals surface area contributed by atoms with Crippen molar-refractivity contribution in [2.24, 2.45) is 0 Å². The SMILES string of the molecule is [B]O.[CH3-].[Y]. The van der Waals surface area contributed by atoms with Crippen LogP contribution in [0.3, 0.4) is 0 Å². The van der Waals surface area contributed by atoms with Crippen LogP contribution in [0.15, 0.2) is 0 Å². The molecule has 1 N–H and O–H groups in total. The maximum Gasteiger partial charge on any atom is 0.277 e. The van der Waals surface area contributed by atoms with Gasteiger partial charge in [-0.3, -0.25) is 0 Å². The van der Waals surface area contributed by atoms with Crippen LogP contribution in [0, 0.1) is 7.43 Å². The first-order chi connectivity index (χ1) is 1.00. The largest absolute Gasteiger partial charge is 0.461 e. The third-order valence-electron chi connectivity index (χ3n) is 0. The predicted octanol–water partition coefficient (Wildman–Crippen LogP) is -0.490. The van der Waals surface area contributed by atoms with Crippen LogP contribution in [-0.4, -0.2) is 13.1 Å². The Morgan fingerprint density at radius 3 is 1.25 bits per heavy atom. The molecule has 0 aromatic rings. The Bertz CT molecular complexity index is 8.00. The minimum absolute atomic E-state index is 0. The van der Waals surface area contributed by atoms with E-state index >= 15 is 0 Å². The molecule has 0 rings (SSSR count). The second kappa shape index (κ2) is 31.7. The monoisotopic (exact) mass is 132 g/mol. The van der Waals surface area contributed by atoms with E-state index < -0.39 is 0 Å². The molecule has 1 nitrogen and oxygen atoms in total. The average molecular weight is 132 g/mol. The molecule has 0 bridgehead atoms. The summed E-state index contributed by atoms with van der Waals surface area (Å²) in [6, 6.07) is 0. The molecule has 0 aromatic heterocycles. The van der Waals surface area contributed by atoms with Gasteiger partial charge in [-0.15, -0.1) is 0 Å². The van der Waals surface area contributed by atoms with Crippen LogP contribution in [0.5, 0.6) is 0 Å². The fourth-order valence-electron chi connectivity index (χ4n) is 0. The summed E-state index contributed by atoms with van der Waals surface area (Å²) >= 11 is 0. The van der Waals surface area contributed by atoms with Gasteiger partial charge < -0.3 is 12.5 Å². The van der Waals surface area contributed by atoms with E-state index in [2.05, 4.69) is 8.05 Å². The molecule has 21 valence electrons. The van der Waals surface area contributed by atoms with Gasteiger partial charge in [-0.2, -0.15) is 0 Å². The molecule has 0 aromatic carbocycles. The normalized spacial score (nSPS) is 1.25. The van der Waals surface area contributed by atoms with Gasteiger partial charge in [-0.25, -0.2) is 0 Å². The molecule has 0 heterocycles. The summed E-state index contributed by atoms with van der Waals surface area (Å²) in [6.07, 6.45) is 0. The molecular formula is CH4BOY-. The fourth-order valence-corrected chi connectivity index (χ4v) is 0. The zero-order valence-electron chi connectivity index (χ0n) is 2.60. The van der Waals surface area contributed by atoms with E-state index in [1.807, 2.05) is 0 Å². The van der Waals surface area contributed by atoms with Crippen LogP contribution in [0.4, 0.5) is 0 Å². The summed E-state index contributed by atoms with van der Waals surface area (Å²) in [7, 11) is 3.50. The van der Waals surface area contributed by atoms with Crippen LogP contribution < -0.4 is 0 Å². The maximum absolute atomic E-state index is 6.50. The van der Waals surface area contributed by atoms with Crippen molar-refractivity contribution >= 4 is 8.05 Å². The van der Waals surface area contributed by atoms with Gasteiger partial charge in [0.1, 0.15) is 0 Å². The molecule has 0 fully saturated rings. The van der Waals surface area contributed by atoms with Gasteiger partial charge in [0.2, 0.25) is 0 Å². The number of hydrogen-bond acceptors (Lipinski definition) is 1. The van der Waals surface area contributed by atoms with Crippen LogP contribution in [-0.2, 0) is 32.7 Å². The van der Waals surface area contributed by atoms with Gasteiger partial charge in [0.05, 0.1) is 0 Å². The number of rotatable bonds is 0. The van der Waals surface area contributed by atoms with Crippen LogP contribution >= 0.6 is 0 Å². The van der Waals surface area contributed by atoms with Crippen molar-refractivity contribution in [1.29, 1.82) is 0 Å². The summed E-state index contributed by atoms with van der Waals surface area (Å²) in [5, 5.41) is 6.50. The first kappa shape index (κ1) is 19.3. The van der Waals surface area contributed by atoms with Crippen LogP contribution in [0.2, 0.25) is 0 Å². The van der Waals surface area contributed by atoms with Gasteiger partial charge in [0, 0.05) is 32.7 Å². The third kappa shape index (κ3) is 11.1. The molecule has 3 radical (unpaired) electrons. The van der Waals surface area contributed by atoms with E-state index in [9.17, 15) is 0 Å². The van der Waals surface area contributed by atoms with E-state index in [4.69, 9.17) is 5.02 Å². The van der Waals surface area contributed by atoms with E-state index in [-0.39, 0.29) is 40.1 Å². The van der Waals surface area contributed by atoms with Crippen molar-refractivity contribution in [2.45, 2.75) is 0 Å². The first-order valence-electron chi connectivity index (χ1n) is 0.258. The third-order valence-corrected chi connectivity index (χ3v) is 0. The molecule has 0 spiro atoms. The summed E-state index contributed by atoms with van der Waals surface area (Å²) in [5.41, 5.74) is 0. The summed E-state index contributed by atoms with van der Waals surface area (Å²) < 4.78 is 0. The van der Waals surface area contributed by atoms with Crippen molar-refractivity contribution in [1.82, 2.24) is 0 Å². The smallest absolute Gasteiger partial charge is 0.277 e. The summed E-state index contributed by atoms with van der Waals surface area (Å²) in [5.74, 6) is 0. The second-order valence-electron chi connectivity index (χ2n) is 0. The van der Waals surface area contributed by atoms with E-state index in [1.165, 1.54) is 0 Å². The van der Waals surface area contributed by atoms with Crippen molar-refractivity contribution in [3.63, 3.8) is 0 Å². The molecule has 0 unspecified atom stereocenters. The van der Waals surface area contributed by atoms with Crippen molar-refractivity contribution in [3.8, 4) is 0 Å². The summed E-state index contributed by atoms with van der Waals surface area (Å²) in [4.78, 5) is 0. The van der Waals surface area contributed by atoms with Crippen LogP contribution in [0.25, 0.3) is 0 Å². The van der Waals surface area contributed by atoms with Crippen LogP contribution in [0.1, 0.15) is 0 Å². The van der Waals surface area contributed by atoms with Gasteiger partial charge >= 0.3 is 0 Å². The molecule has 4 heavy (non-hydrogen) atoms. The molecule has 0 saturated carbocycles. The molecule has 0 saturated heterocycles. The second-order valence-corrected chi connectivity index (χ2v) is 0. The van der Waals surface area contributed by atoms with Crippen molar-refractivity contribution in [2.75, 3.05) is 0 Å². The van der Waals surface area contributed by atoms with E-state index in [1.54, 1.807) is 0 Å². The topological polar surface area (TPSA) is 20.2 Å². The first-order valence-corrected chi connectivity index (χ1v) is 0.258. The zero-order valence-corrected chi connectivity index (χ0v) is 5.44. The summed E-state index contributed by atoms with van der Waals surface area (Å²) in [6.45, 7) is 0. The minimum Gasteiger partial charge on any atom is -0.461 e. The molecule has 0 aliphatic carbocycles. The van der Waals surface area contributed by atoms with Gasteiger partial charge in [0.15, 0.2) is 0 Å². The average Bonchev–Trinajstić information content (AvgIpc) is 1.00. The Labute approximate surface area is 53.1 Å². The van der Waals surface area contributed by atoms with Crippen molar-refractivity contribution in [3.05, 3.63) is 7.43 Å². The van der Waals surface area contributed by atoms with Gasteiger partial charge in [-0.1, -0.05) is 0 Å². The predicted molar refractivity (Wildman–Crippen MR) is 14.4 cm³/mol. The van der Waals surface area contributed by atoms with Gasteiger partial charge in [-0.05, 0) is 0 Å². The quantitative estimate of drug-likeness (QED) is 0.348. The Kier molecular flexibility index (Phi) is 153. The Morgan fingerprint density at radius 1 is 1.25 bits per heavy atom. The number of hydrogen-bond donors (Lipinski definition) is 1. The molecule has 3 heteroatoms. The molecule has 0 aliphatic heterocycles. The van der Waals surface area contributed by atoms with Crippen molar-refractivity contribution < 1.29 is 37.7 Å². The molecule has 0 aliphatic rings. The molecule has 0 amide bonds. The van der Waals surface area contributed by atoms with E-state index in [0.29, 0.717) is 0 Å². The Hall–Kier alpha value is 1.13. The van der Waals surface area contributed by atoms with E-state index in [0.717, 1.165) is 0 Å². The zero-order chi connectivity index (χ0) is 2.00. The minimum atomic E-state index is 0. The van der Waals surface area contributed by atoms with Gasteiger partial charge in [0.25, 0.3) is 8.05 Å². The standard InChI is InChI=1S/CH3.BHO.Y/c;1-2;/h1H3;2H;/q-1;;. The maximum atomic E-state index is 6.50. The molecule has 0 atom stereocenters. The Morgan fingerprint density at radius 2 is 1.25 bits per heavy atom. The fraction of sp³-hybridized carbons (Fsp3) is 0. The Balaban J connectivity index is -0.00000000500.